The highest BCUT2D eigenvalue weighted by Crippen LogP contribution is 2.47. The summed E-state index contributed by atoms with van der Waals surface area (Å²) in [5.74, 6) is 0.709. The maximum Gasteiger partial charge on any atom is 0.258 e. The topological polar surface area (TPSA) is 48.1 Å². The third-order valence-corrected chi connectivity index (χ3v) is 6.30. The maximum atomic E-state index is 13.9. The molecule has 4 heteroatoms. The van der Waals surface area contributed by atoms with Gasteiger partial charge in [0.15, 0.2) is 5.54 Å². The number of aromatic amines is 1. The quantitative estimate of drug-likeness (QED) is 0.721. The molecule has 0 unspecified atom stereocenters. The Hall–Kier alpha value is -2.59. The Bertz CT molecular complexity index is 1080. The predicted molar refractivity (Wildman–Crippen MR) is 114 cm³/mol. The van der Waals surface area contributed by atoms with Gasteiger partial charge >= 0.3 is 0 Å². The van der Waals surface area contributed by atoms with E-state index in [2.05, 4.69) is 61.4 Å². The number of hydrogen-bond acceptors (Lipinski definition) is 2. The van der Waals surface area contributed by atoms with Gasteiger partial charge in [0.05, 0.1) is 5.69 Å². The fraction of sp³-hybridized carbons (Fsp3) is 0.375. The van der Waals surface area contributed by atoms with E-state index in [-0.39, 0.29) is 5.91 Å². The van der Waals surface area contributed by atoms with Gasteiger partial charge in [-0.15, -0.1) is 0 Å². The zero-order chi connectivity index (χ0) is 19.5. The second kappa shape index (κ2) is 6.21. The van der Waals surface area contributed by atoms with E-state index in [1.807, 2.05) is 17.0 Å². The third kappa shape index (κ3) is 2.31. The maximum absolute atomic E-state index is 13.9. The van der Waals surface area contributed by atoms with Crippen LogP contribution in [0.15, 0.2) is 42.5 Å². The fourth-order valence-electron chi connectivity index (χ4n) is 4.88. The molecule has 0 aliphatic carbocycles. The van der Waals surface area contributed by atoms with E-state index in [9.17, 15) is 4.79 Å². The number of benzene rings is 2. The molecule has 0 radical (unpaired) electrons. The lowest BCUT2D eigenvalue weighted by Crippen LogP contribution is -2.55. The molecule has 4 nitrogen and oxygen atoms in total. The summed E-state index contributed by atoms with van der Waals surface area (Å²) < 4.78 is 0. The van der Waals surface area contributed by atoms with Crippen molar-refractivity contribution in [3.63, 3.8) is 0 Å². The number of hydrogen-bond donors (Lipinski definition) is 2. The first kappa shape index (κ1) is 17.5. The minimum atomic E-state index is -0.798. The average molecular weight is 374 g/mol. The number of rotatable bonds is 3. The number of fused-ring (bicyclic) bond motifs is 6. The molecule has 28 heavy (non-hydrogen) atoms. The van der Waals surface area contributed by atoms with Crippen molar-refractivity contribution < 1.29 is 4.79 Å². The van der Waals surface area contributed by atoms with Gasteiger partial charge in [-0.1, -0.05) is 43.7 Å². The molecule has 2 aliphatic rings. The number of aryl methyl sites for hydroxylation is 1. The zero-order valence-electron chi connectivity index (χ0n) is 16.8. The number of anilines is 1. The third-order valence-electron chi connectivity index (χ3n) is 6.30. The Balaban J connectivity index is 1.73. The molecular weight excluding hydrogens is 346 g/mol. The SMILES string of the molecule is Cc1ccc2[nH]c3c(c2c1)CCN[C@@]31C(=O)N(CCC(C)C)c2ccccc21. The number of nitrogens with zero attached hydrogens (tertiary/aromatic N) is 1. The molecule has 5 rings (SSSR count). The van der Waals surface area contributed by atoms with Crippen molar-refractivity contribution in [1.29, 1.82) is 0 Å². The summed E-state index contributed by atoms with van der Waals surface area (Å²) in [6.45, 7) is 8.09. The Morgan fingerprint density at radius 1 is 1.18 bits per heavy atom. The molecule has 2 aliphatic heterocycles. The normalized spacial score (nSPS) is 21.0. The van der Waals surface area contributed by atoms with Gasteiger partial charge in [0, 0.05) is 35.2 Å². The van der Waals surface area contributed by atoms with Crippen LogP contribution in [0.1, 0.15) is 42.7 Å². The average Bonchev–Trinajstić information content (AvgIpc) is 3.16. The molecule has 0 saturated carbocycles. The number of carbonyl (C=O) groups excluding carboxylic acids is 1. The van der Waals surface area contributed by atoms with Gasteiger partial charge in [0.2, 0.25) is 0 Å². The number of carbonyl (C=O) groups is 1. The standard InChI is InChI=1S/C24H27N3O/c1-15(2)11-13-27-21-7-5-4-6-19(21)24(23(27)28)22-17(10-12-25-24)18-14-16(3)8-9-20(18)26-22/h4-9,14-15,25-26H,10-13H2,1-3H3/t24-/m1/s1. The number of aromatic nitrogens is 1. The van der Waals surface area contributed by atoms with Gasteiger partial charge in [-0.2, -0.15) is 0 Å². The molecule has 1 spiro atoms. The van der Waals surface area contributed by atoms with Crippen LogP contribution in [0, 0.1) is 12.8 Å². The summed E-state index contributed by atoms with van der Waals surface area (Å²) >= 11 is 0. The monoisotopic (exact) mass is 373 g/mol. The summed E-state index contributed by atoms with van der Waals surface area (Å²) in [5.41, 5.74) is 6.00. The number of nitrogens with one attached hydrogen (secondary N) is 2. The van der Waals surface area contributed by atoms with E-state index in [0.717, 1.165) is 48.4 Å². The van der Waals surface area contributed by atoms with Crippen LogP contribution in [-0.4, -0.2) is 24.0 Å². The summed E-state index contributed by atoms with van der Waals surface area (Å²) in [5, 5.41) is 4.88. The van der Waals surface area contributed by atoms with E-state index in [1.54, 1.807) is 0 Å². The van der Waals surface area contributed by atoms with Crippen LogP contribution in [0.5, 0.6) is 0 Å². The van der Waals surface area contributed by atoms with Gasteiger partial charge in [0.1, 0.15) is 0 Å². The van der Waals surface area contributed by atoms with Crippen molar-refractivity contribution in [1.82, 2.24) is 10.3 Å². The van der Waals surface area contributed by atoms with E-state index >= 15 is 0 Å². The van der Waals surface area contributed by atoms with Gasteiger partial charge in [-0.3, -0.25) is 10.1 Å². The fourth-order valence-corrected chi connectivity index (χ4v) is 4.88. The van der Waals surface area contributed by atoms with E-state index in [4.69, 9.17) is 0 Å². The second-order valence-corrected chi connectivity index (χ2v) is 8.61. The summed E-state index contributed by atoms with van der Waals surface area (Å²) in [7, 11) is 0. The van der Waals surface area contributed by atoms with Crippen LogP contribution in [0.2, 0.25) is 0 Å². The molecule has 144 valence electrons. The van der Waals surface area contributed by atoms with Crippen LogP contribution in [0.25, 0.3) is 10.9 Å². The molecule has 1 aromatic heterocycles. The minimum Gasteiger partial charge on any atom is -0.356 e. The lowest BCUT2D eigenvalue weighted by molar-refractivity contribution is -0.123. The molecule has 3 heterocycles. The number of amides is 1. The van der Waals surface area contributed by atoms with Gasteiger partial charge in [-0.25, -0.2) is 0 Å². The van der Waals surface area contributed by atoms with E-state index in [0.29, 0.717) is 5.92 Å². The van der Waals surface area contributed by atoms with E-state index in [1.165, 1.54) is 16.5 Å². The molecule has 0 fully saturated rings. The first-order valence-electron chi connectivity index (χ1n) is 10.3. The van der Waals surface area contributed by atoms with Crippen molar-refractivity contribution in [2.24, 2.45) is 5.92 Å². The lowest BCUT2D eigenvalue weighted by Gasteiger charge is -2.34. The molecular formula is C24H27N3O. The smallest absolute Gasteiger partial charge is 0.258 e. The lowest BCUT2D eigenvalue weighted by atomic mass is 9.82. The Kier molecular flexibility index (Phi) is 3.88. The molecule has 2 N–H and O–H groups in total. The summed E-state index contributed by atoms with van der Waals surface area (Å²) in [6, 6.07) is 14.8. The molecule has 0 bridgehead atoms. The van der Waals surface area contributed by atoms with Gasteiger partial charge in [0.25, 0.3) is 5.91 Å². The molecule has 1 atom stereocenters. The summed E-state index contributed by atoms with van der Waals surface area (Å²) in [6.07, 6.45) is 1.93. The van der Waals surface area contributed by atoms with Crippen molar-refractivity contribution >= 4 is 22.5 Å². The Labute approximate surface area is 165 Å². The van der Waals surface area contributed by atoms with Crippen molar-refractivity contribution in [2.45, 2.75) is 39.2 Å². The van der Waals surface area contributed by atoms with Crippen molar-refractivity contribution in [2.75, 3.05) is 18.0 Å². The molecule has 2 aromatic carbocycles. The van der Waals surface area contributed by atoms with Crippen LogP contribution < -0.4 is 10.2 Å². The second-order valence-electron chi connectivity index (χ2n) is 8.61. The highest BCUT2D eigenvalue weighted by Gasteiger charge is 2.55. The molecule has 1 amide bonds. The van der Waals surface area contributed by atoms with Crippen LogP contribution in [-0.2, 0) is 16.8 Å². The molecule has 0 saturated heterocycles. The van der Waals surface area contributed by atoms with Gasteiger partial charge < -0.3 is 9.88 Å². The number of H-pyrrole nitrogens is 1. The largest absolute Gasteiger partial charge is 0.356 e. The molecule has 3 aromatic rings. The zero-order valence-corrected chi connectivity index (χ0v) is 16.8. The van der Waals surface area contributed by atoms with E-state index < -0.39 is 5.54 Å². The van der Waals surface area contributed by atoms with Crippen molar-refractivity contribution in [3.8, 4) is 0 Å². The highest BCUT2D eigenvalue weighted by molar-refractivity contribution is 6.11. The predicted octanol–water partition coefficient (Wildman–Crippen LogP) is 4.26. The highest BCUT2D eigenvalue weighted by atomic mass is 16.2. The summed E-state index contributed by atoms with van der Waals surface area (Å²) in [4.78, 5) is 19.5. The Morgan fingerprint density at radius 2 is 2.00 bits per heavy atom. The first-order valence-corrected chi connectivity index (χ1v) is 10.3. The van der Waals surface area contributed by atoms with Crippen LogP contribution >= 0.6 is 0 Å². The van der Waals surface area contributed by atoms with Crippen LogP contribution in [0.3, 0.4) is 0 Å². The minimum absolute atomic E-state index is 0.151. The van der Waals surface area contributed by atoms with Crippen molar-refractivity contribution in [3.05, 3.63) is 64.8 Å². The van der Waals surface area contributed by atoms with Crippen LogP contribution in [0.4, 0.5) is 5.69 Å². The first-order chi connectivity index (χ1) is 13.5. The Morgan fingerprint density at radius 3 is 2.82 bits per heavy atom. The van der Waals surface area contributed by atoms with Gasteiger partial charge in [-0.05, 0) is 49.4 Å². The number of para-hydroxylation sites is 1.